The van der Waals surface area contributed by atoms with Crippen LogP contribution in [0.25, 0.3) is 0 Å². The molecule has 0 aliphatic heterocycles. The summed E-state index contributed by atoms with van der Waals surface area (Å²) in [6.45, 7) is 6.71. The molecule has 0 radical (unpaired) electrons. The molecule has 1 atom stereocenters. The van der Waals surface area contributed by atoms with Gasteiger partial charge in [0, 0.05) is 10.6 Å². The van der Waals surface area contributed by atoms with Crippen molar-refractivity contribution in [2.75, 3.05) is 17.7 Å². The van der Waals surface area contributed by atoms with E-state index < -0.39 is 12.0 Å². The number of anilines is 2. The van der Waals surface area contributed by atoms with E-state index in [2.05, 4.69) is 31.4 Å². The van der Waals surface area contributed by atoms with Gasteiger partial charge in [-0.05, 0) is 54.4 Å². The minimum absolute atomic E-state index is 0.186. The van der Waals surface area contributed by atoms with Gasteiger partial charge >= 0.3 is 12.0 Å². The van der Waals surface area contributed by atoms with Gasteiger partial charge in [0.15, 0.2) is 0 Å². The van der Waals surface area contributed by atoms with E-state index in [1.54, 1.807) is 18.2 Å². The number of nitrogens with one attached hydrogen (secondary N) is 2. The fourth-order valence-corrected chi connectivity index (χ4v) is 5.18. The topological polar surface area (TPSA) is 67.4 Å². The van der Waals surface area contributed by atoms with E-state index in [4.69, 9.17) is 27.9 Å². The summed E-state index contributed by atoms with van der Waals surface area (Å²) >= 11 is 13.4. The standard InChI is InChI=1S/C21H24Cl2N2O3S/c1-21(2,3)11-5-7-13-16(9-11)29-18(17(13)19(26)28-4)25-20(27)24-12-6-8-14(22)15(23)10-12/h6,8,10-11H,5,7,9H2,1-4H3,(H2,24,25,27)/t11-/m1/s1. The van der Waals surface area contributed by atoms with Crippen LogP contribution in [0.3, 0.4) is 0 Å². The molecule has 0 spiro atoms. The second kappa shape index (κ2) is 8.54. The maximum atomic E-state index is 12.5. The zero-order valence-corrected chi connectivity index (χ0v) is 19.1. The van der Waals surface area contributed by atoms with Gasteiger partial charge in [-0.25, -0.2) is 9.59 Å². The average Bonchev–Trinajstić information content (AvgIpc) is 3.00. The molecule has 2 amide bonds. The number of ether oxygens (including phenoxy) is 1. The van der Waals surface area contributed by atoms with Gasteiger partial charge in [-0.15, -0.1) is 11.3 Å². The van der Waals surface area contributed by atoms with Crippen LogP contribution < -0.4 is 10.6 Å². The molecular weight excluding hydrogens is 431 g/mol. The Hall–Kier alpha value is -1.76. The zero-order chi connectivity index (χ0) is 21.3. The first kappa shape index (κ1) is 21.9. The third-order valence-electron chi connectivity index (χ3n) is 5.28. The number of esters is 1. The summed E-state index contributed by atoms with van der Waals surface area (Å²) in [4.78, 5) is 26.1. The van der Waals surface area contributed by atoms with Crippen LogP contribution in [0.5, 0.6) is 0 Å². The molecule has 0 fully saturated rings. The maximum absolute atomic E-state index is 12.5. The van der Waals surface area contributed by atoms with Crippen molar-refractivity contribution in [1.82, 2.24) is 0 Å². The Morgan fingerprint density at radius 3 is 2.52 bits per heavy atom. The molecule has 29 heavy (non-hydrogen) atoms. The van der Waals surface area contributed by atoms with Gasteiger partial charge in [0.1, 0.15) is 5.00 Å². The Bertz CT molecular complexity index is 950. The van der Waals surface area contributed by atoms with Crippen molar-refractivity contribution in [1.29, 1.82) is 0 Å². The van der Waals surface area contributed by atoms with E-state index in [9.17, 15) is 9.59 Å². The third kappa shape index (κ3) is 4.87. The monoisotopic (exact) mass is 454 g/mol. The highest BCUT2D eigenvalue weighted by Crippen LogP contribution is 2.44. The first-order valence-corrected chi connectivity index (χ1v) is 10.9. The lowest BCUT2D eigenvalue weighted by atomic mass is 9.72. The van der Waals surface area contributed by atoms with Crippen LogP contribution >= 0.6 is 34.5 Å². The molecular formula is C21H24Cl2N2O3S. The molecule has 156 valence electrons. The summed E-state index contributed by atoms with van der Waals surface area (Å²) in [7, 11) is 1.35. The second-order valence-electron chi connectivity index (χ2n) is 8.21. The number of thiophene rings is 1. The molecule has 1 heterocycles. The number of hydrogen-bond donors (Lipinski definition) is 2. The van der Waals surface area contributed by atoms with Crippen LogP contribution in [0.4, 0.5) is 15.5 Å². The van der Waals surface area contributed by atoms with Gasteiger partial charge in [0.05, 0.1) is 22.7 Å². The minimum atomic E-state index is -0.459. The molecule has 0 unspecified atom stereocenters. The zero-order valence-electron chi connectivity index (χ0n) is 16.8. The largest absolute Gasteiger partial charge is 0.465 e. The maximum Gasteiger partial charge on any atom is 0.341 e. The van der Waals surface area contributed by atoms with Crippen molar-refractivity contribution < 1.29 is 14.3 Å². The van der Waals surface area contributed by atoms with Gasteiger partial charge in [0.25, 0.3) is 0 Å². The molecule has 0 bridgehead atoms. The lowest BCUT2D eigenvalue weighted by Gasteiger charge is -2.33. The van der Waals surface area contributed by atoms with E-state index in [-0.39, 0.29) is 5.41 Å². The number of urea groups is 1. The van der Waals surface area contributed by atoms with Crippen LogP contribution in [0.1, 0.15) is 48.0 Å². The lowest BCUT2D eigenvalue weighted by molar-refractivity contribution is 0.0600. The molecule has 2 aromatic rings. The molecule has 8 heteroatoms. The van der Waals surface area contributed by atoms with Crippen LogP contribution in [0.2, 0.25) is 10.0 Å². The van der Waals surface area contributed by atoms with Gasteiger partial charge in [-0.1, -0.05) is 44.0 Å². The Kier molecular flexibility index (Phi) is 6.46. The summed E-state index contributed by atoms with van der Waals surface area (Å²) in [6, 6.07) is 4.37. The molecule has 0 saturated carbocycles. The molecule has 1 aromatic carbocycles. The average molecular weight is 455 g/mol. The normalized spacial score (nSPS) is 16.1. The summed E-state index contributed by atoms with van der Waals surface area (Å²) in [5, 5.41) is 6.79. The summed E-state index contributed by atoms with van der Waals surface area (Å²) < 4.78 is 4.99. The van der Waals surface area contributed by atoms with E-state index >= 15 is 0 Å². The lowest BCUT2D eigenvalue weighted by Crippen LogP contribution is -2.26. The van der Waals surface area contributed by atoms with Gasteiger partial charge in [-0.2, -0.15) is 0 Å². The smallest absolute Gasteiger partial charge is 0.341 e. The van der Waals surface area contributed by atoms with Crippen molar-refractivity contribution in [2.45, 2.75) is 40.0 Å². The summed E-state index contributed by atoms with van der Waals surface area (Å²) in [5.41, 5.74) is 2.15. The van der Waals surface area contributed by atoms with Crippen LogP contribution in [0.15, 0.2) is 18.2 Å². The fraction of sp³-hybridized carbons (Fsp3) is 0.429. The number of rotatable bonds is 3. The molecule has 3 rings (SSSR count). The highest BCUT2D eigenvalue weighted by molar-refractivity contribution is 7.17. The van der Waals surface area contributed by atoms with Gasteiger partial charge in [0.2, 0.25) is 0 Å². The quantitative estimate of drug-likeness (QED) is 0.510. The van der Waals surface area contributed by atoms with Gasteiger partial charge < -0.3 is 10.1 Å². The Morgan fingerprint density at radius 2 is 1.90 bits per heavy atom. The number of carbonyl (C=O) groups excluding carboxylic acids is 2. The number of fused-ring (bicyclic) bond motifs is 1. The third-order valence-corrected chi connectivity index (χ3v) is 7.19. The first-order valence-electron chi connectivity index (χ1n) is 9.36. The van der Waals surface area contributed by atoms with Crippen LogP contribution in [-0.2, 0) is 17.6 Å². The predicted octanol–water partition coefficient (Wildman–Crippen LogP) is 6.64. The number of carbonyl (C=O) groups is 2. The van der Waals surface area contributed by atoms with E-state index in [1.807, 2.05) is 0 Å². The van der Waals surface area contributed by atoms with Crippen molar-refractivity contribution in [3.05, 3.63) is 44.2 Å². The number of halogens is 2. The van der Waals surface area contributed by atoms with Crippen molar-refractivity contribution in [3.8, 4) is 0 Å². The number of amides is 2. The highest BCUT2D eigenvalue weighted by Gasteiger charge is 2.34. The fourth-order valence-electron chi connectivity index (χ4n) is 3.57. The van der Waals surface area contributed by atoms with Crippen molar-refractivity contribution in [2.24, 2.45) is 11.3 Å². The predicted molar refractivity (Wildman–Crippen MR) is 120 cm³/mol. The van der Waals surface area contributed by atoms with Crippen molar-refractivity contribution >= 4 is 57.2 Å². The number of hydrogen-bond acceptors (Lipinski definition) is 4. The van der Waals surface area contributed by atoms with Crippen LogP contribution in [0, 0.1) is 11.3 Å². The van der Waals surface area contributed by atoms with E-state index in [1.165, 1.54) is 18.4 Å². The summed E-state index contributed by atoms with van der Waals surface area (Å²) in [6.07, 6.45) is 2.70. The number of methoxy groups -OCH3 is 1. The Morgan fingerprint density at radius 1 is 1.17 bits per heavy atom. The first-order chi connectivity index (χ1) is 13.6. The highest BCUT2D eigenvalue weighted by atomic mass is 35.5. The molecule has 1 aliphatic carbocycles. The SMILES string of the molecule is COC(=O)c1c(NC(=O)Nc2ccc(Cl)c(Cl)c2)sc2c1CC[C@@H](C(C)(C)C)C2. The van der Waals surface area contributed by atoms with E-state index in [0.29, 0.717) is 32.2 Å². The van der Waals surface area contributed by atoms with Crippen molar-refractivity contribution in [3.63, 3.8) is 0 Å². The molecule has 5 nitrogen and oxygen atoms in total. The molecule has 1 aliphatic rings. The molecule has 1 aromatic heterocycles. The molecule has 2 N–H and O–H groups in total. The summed E-state index contributed by atoms with van der Waals surface area (Å²) in [5.74, 6) is 0.0959. The Balaban J connectivity index is 1.84. The van der Waals surface area contributed by atoms with Crippen LogP contribution in [-0.4, -0.2) is 19.1 Å². The van der Waals surface area contributed by atoms with E-state index in [0.717, 1.165) is 29.7 Å². The minimum Gasteiger partial charge on any atom is -0.465 e. The Labute approximate surface area is 184 Å². The second-order valence-corrected chi connectivity index (χ2v) is 10.1. The van der Waals surface area contributed by atoms with Gasteiger partial charge in [-0.3, -0.25) is 5.32 Å². The molecule has 0 saturated heterocycles. The number of benzene rings is 1.